The van der Waals surface area contributed by atoms with Crippen molar-refractivity contribution in [1.82, 2.24) is 0 Å². The molecular formula is C20H22N2O4. The van der Waals surface area contributed by atoms with Crippen LogP contribution in [0.15, 0.2) is 24.3 Å². The van der Waals surface area contributed by atoms with Crippen molar-refractivity contribution in [3.8, 4) is 23.3 Å². The largest absolute Gasteiger partial charge is 0.494 e. The van der Waals surface area contributed by atoms with Crippen LogP contribution in [0, 0.1) is 25.2 Å². The second-order valence-corrected chi connectivity index (χ2v) is 5.80. The summed E-state index contributed by atoms with van der Waals surface area (Å²) in [5.74, 6) is 1.27. The molecule has 2 rings (SSSR count). The highest BCUT2D eigenvalue weighted by molar-refractivity contribution is 6.01. The maximum absolute atomic E-state index is 12.5. The Morgan fingerprint density at radius 1 is 0.885 bits per heavy atom. The van der Waals surface area contributed by atoms with Crippen LogP contribution in [0.2, 0.25) is 0 Å². The number of nitriles is 1. The van der Waals surface area contributed by atoms with Crippen LogP contribution in [-0.2, 0) is 4.79 Å². The molecule has 0 aromatic heterocycles. The van der Waals surface area contributed by atoms with Gasteiger partial charge in [0.05, 0.1) is 44.3 Å². The van der Waals surface area contributed by atoms with Gasteiger partial charge < -0.3 is 14.2 Å². The molecule has 6 heteroatoms. The predicted molar refractivity (Wildman–Crippen MR) is 99.5 cm³/mol. The van der Waals surface area contributed by atoms with Gasteiger partial charge in [-0.3, -0.25) is 9.69 Å². The van der Waals surface area contributed by atoms with E-state index < -0.39 is 0 Å². The molecule has 0 saturated carbocycles. The van der Waals surface area contributed by atoms with Gasteiger partial charge in [-0.1, -0.05) is 0 Å². The summed E-state index contributed by atoms with van der Waals surface area (Å²) < 4.78 is 16.2. The second kappa shape index (κ2) is 7.79. The van der Waals surface area contributed by atoms with Crippen molar-refractivity contribution in [1.29, 1.82) is 5.26 Å². The Morgan fingerprint density at radius 3 is 1.96 bits per heavy atom. The van der Waals surface area contributed by atoms with Gasteiger partial charge in [-0.05, 0) is 37.1 Å². The van der Waals surface area contributed by atoms with E-state index in [1.54, 1.807) is 23.1 Å². The number of carbonyl (C=O) groups is 1. The molecule has 26 heavy (non-hydrogen) atoms. The number of anilines is 2. The molecule has 0 aliphatic rings. The number of hydrogen-bond donors (Lipinski definition) is 0. The molecule has 0 fully saturated rings. The van der Waals surface area contributed by atoms with Crippen molar-refractivity contribution in [2.75, 3.05) is 26.2 Å². The van der Waals surface area contributed by atoms with Crippen molar-refractivity contribution in [2.24, 2.45) is 0 Å². The lowest BCUT2D eigenvalue weighted by Crippen LogP contribution is -2.24. The number of ether oxygens (including phenoxy) is 3. The van der Waals surface area contributed by atoms with E-state index in [0.29, 0.717) is 34.2 Å². The van der Waals surface area contributed by atoms with Gasteiger partial charge in [0.1, 0.15) is 5.75 Å². The minimum atomic E-state index is -0.192. The first-order valence-electron chi connectivity index (χ1n) is 8.00. The van der Waals surface area contributed by atoms with Gasteiger partial charge >= 0.3 is 0 Å². The fourth-order valence-electron chi connectivity index (χ4n) is 2.82. The van der Waals surface area contributed by atoms with Crippen molar-refractivity contribution in [2.45, 2.75) is 20.8 Å². The zero-order chi connectivity index (χ0) is 19.4. The van der Waals surface area contributed by atoms with Crippen molar-refractivity contribution in [3.05, 3.63) is 41.0 Å². The van der Waals surface area contributed by atoms with Crippen LogP contribution in [0.5, 0.6) is 17.2 Å². The summed E-state index contributed by atoms with van der Waals surface area (Å²) >= 11 is 0. The first kappa shape index (κ1) is 19.1. The minimum absolute atomic E-state index is 0.192. The van der Waals surface area contributed by atoms with Crippen molar-refractivity contribution >= 4 is 17.3 Å². The lowest BCUT2D eigenvalue weighted by molar-refractivity contribution is -0.115. The quantitative estimate of drug-likeness (QED) is 0.815. The summed E-state index contributed by atoms with van der Waals surface area (Å²) in [6, 6.07) is 9.14. The van der Waals surface area contributed by atoms with Gasteiger partial charge in [0.15, 0.2) is 11.5 Å². The number of methoxy groups -OCH3 is 3. The fourth-order valence-corrected chi connectivity index (χ4v) is 2.82. The molecule has 2 aromatic carbocycles. The second-order valence-electron chi connectivity index (χ2n) is 5.80. The van der Waals surface area contributed by atoms with Gasteiger partial charge in [-0.15, -0.1) is 0 Å². The van der Waals surface area contributed by atoms with E-state index in [-0.39, 0.29) is 5.91 Å². The van der Waals surface area contributed by atoms with Crippen LogP contribution in [0.4, 0.5) is 11.4 Å². The van der Waals surface area contributed by atoms with Crippen LogP contribution in [0.25, 0.3) is 0 Å². The zero-order valence-corrected chi connectivity index (χ0v) is 15.8. The van der Waals surface area contributed by atoms with E-state index in [2.05, 4.69) is 6.07 Å². The first-order valence-corrected chi connectivity index (χ1v) is 8.00. The molecule has 0 aliphatic carbocycles. The van der Waals surface area contributed by atoms with Gasteiger partial charge in [0, 0.05) is 19.1 Å². The molecule has 0 heterocycles. The lowest BCUT2D eigenvalue weighted by Gasteiger charge is -2.26. The fraction of sp³-hybridized carbons (Fsp3) is 0.300. The summed E-state index contributed by atoms with van der Waals surface area (Å²) in [6.45, 7) is 5.17. The monoisotopic (exact) mass is 354 g/mol. The summed E-state index contributed by atoms with van der Waals surface area (Å²) in [6.07, 6.45) is 0. The van der Waals surface area contributed by atoms with Crippen molar-refractivity contribution in [3.63, 3.8) is 0 Å². The Labute approximate surface area is 153 Å². The minimum Gasteiger partial charge on any atom is -0.494 e. The Morgan fingerprint density at radius 2 is 1.46 bits per heavy atom. The summed E-state index contributed by atoms with van der Waals surface area (Å²) in [7, 11) is 4.59. The highest BCUT2D eigenvalue weighted by Gasteiger charge is 2.23. The summed E-state index contributed by atoms with van der Waals surface area (Å²) in [4.78, 5) is 14.1. The molecule has 2 aromatic rings. The zero-order valence-electron chi connectivity index (χ0n) is 15.8. The number of amides is 1. The molecule has 0 N–H and O–H groups in total. The molecule has 1 amide bonds. The normalized spacial score (nSPS) is 10.0. The van der Waals surface area contributed by atoms with Gasteiger partial charge in [0.25, 0.3) is 0 Å². The van der Waals surface area contributed by atoms with E-state index in [9.17, 15) is 10.1 Å². The van der Waals surface area contributed by atoms with Crippen LogP contribution >= 0.6 is 0 Å². The number of carbonyl (C=O) groups excluding carboxylic acids is 1. The highest BCUT2D eigenvalue weighted by atomic mass is 16.5. The number of rotatable bonds is 5. The maximum Gasteiger partial charge on any atom is 0.228 e. The average Bonchev–Trinajstić information content (AvgIpc) is 2.63. The third-order valence-electron chi connectivity index (χ3n) is 4.15. The third kappa shape index (κ3) is 3.42. The van der Waals surface area contributed by atoms with E-state index in [1.165, 1.54) is 28.3 Å². The van der Waals surface area contributed by atoms with Crippen LogP contribution < -0.4 is 19.1 Å². The molecule has 0 atom stereocenters. The molecule has 0 saturated heterocycles. The Bertz CT molecular complexity index is 884. The number of nitrogens with zero attached hydrogens (tertiary/aromatic N) is 2. The maximum atomic E-state index is 12.5. The molecule has 0 aliphatic heterocycles. The Kier molecular flexibility index (Phi) is 5.73. The Balaban J connectivity index is 2.75. The van der Waals surface area contributed by atoms with Crippen LogP contribution in [0.1, 0.15) is 23.6 Å². The van der Waals surface area contributed by atoms with E-state index in [1.807, 2.05) is 19.9 Å². The summed E-state index contributed by atoms with van der Waals surface area (Å²) in [5.41, 5.74) is 3.39. The lowest BCUT2D eigenvalue weighted by atomic mass is 10.0. The van der Waals surface area contributed by atoms with Crippen molar-refractivity contribution < 1.29 is 19.0 Å². The van der Waals surface area contributed by atoms with Gasteiger partial charge in [0.2, 0.25) is 5.91 Å². The molecule has 136 valence electrons. The standard InChI is InChI=1S/C20H22N2O4/c1-12-8-16(13(2)7-15(12)11-21)22(14(3)23)17-9-19(25-5)20(26-6)10-18(17)24-4/h7-10H,1-6H3. The van der Waals surface area contributed by atoms with Crippen LogP contribution in [-0.4, -0.2) is 27.2 Å². The molecule has 0 spiro atoms. The van der Waals surface area contributed by atoms with Gasteiger partial charge in [-0.25, -0.2) is 0 Å². The Hall–Kier alpha value is -3.20. The van der Waals surface area contributed by atoms with E-state index >= 15 is 0 Å². The van der Waals surface area contributed by atoms with Crippen LogP contribution in [0.3, 0.4) is 0 Å². The van der Waals surface area contributed by atoms with Gasteiger partial charge in [-0.2, -0.15) is 5.26 Å². The molecule has 0 bridgehead atoms. The number of hydrogen-bond acceptors (Lipinski definition) is 5. The molecular weight excluding hydrogens is 332 g/mol. The van der Waals surface area contributed by atoms with E-state index in [4.69, 9.17) is 14.2 Å². The average molecular weight is 354 g/mol. The summed E-state index contributed by atoms with van der Waals surface area (Å²) in [5, 5.41) is 9.23. The van der Waals surface area contributed by atoms with E-state index in [0.717, 1.165) is 11.1 Å². The topological polar surface area (TPSA) is 71.8 Å². The molecule has 6 nitrogen and oxygen atoms in total. The third-order valence-corrected chi connectivity index (χ3v) is 4.15. The highest BCUT2D eigenvalue weighted by Crippen LogP contribution is 2.43. The smallest absolute Gasteiger partial charge is 0.228 e. The molecule has 0 radical (unpaired) electrons. The first-order chi connectivity index (χ1) is 12.4. The number of aryl methyl sites for hydroxylation is 2. The predicted octanol–water partition coefficient (Wildman–Crippen LogP) is 3.89. The number of benzene rings is 2. The molecule has 0 unspecified atom stereocenters. The SMILES string of the molecule is COc1cc(OC)c(N(C(C)=O)c2cc(C)c(C#N)cc2C)cc1OC.